The third-order valence-electron chi connectivity index (χ3n) is 4.38. The molecule has 102 valence electrons. The van der Waals surface area contributed by atoms with Gasteiger partial charge in [0.05, 0.1) is 5.69 Å². The van der Waals surface area contributed by atoms with Crippen molar-refractivity contribution in [3.05, 3.63) is 17.5 Å². The maximum absolute atomic E-state index is 4.49. The van der Waals surface area contributed by atoms with E-state index >= 15 is 0 Å². The molecule has 18 heavy (non-hydrogen) atoms. The molecule has 0 spiro atoms. The second kappa shape index (κ2) is 5.43. The molecule has 0 bridgehead atoms. The summed E-state index contributed by atoms with van der Waals surface area (Å²) in [6.07, 6.45) is 6.24. The maximum atomic E-state index is 4.49. The number of nitrogens with zero attached hydrogens (tertiary/aromatic N) is 2. The fraction of sp³-hybridized carbons (Fsp3) is 0.800. The van der Waals surface area contributed by atoms with Crippen LogP contribution in [0.15, 0.2) is 6.20 Å². The molecule has 1 aromatic heterocycles. The monoisotopic (exact) mass is 249 g/mol. The van der Waals surface area contributed by atoms with E-state index in [1.807, 2.05) is 11.7 Å². The van der Waals surface area contributed by atoms with Gasteiger partial charge >= 0.3 is 0 Å². The Labute approximate surface area is 111 Å². The minimum Gasteiger partial charge on any atom is -0.313 e. The van der Waals surface area contributed by atoms with Crippen LogP contribution >= 0.6 is 0 Å². The van der Waals surface area contributed by atoms with E-state index in [-0.39, 0.29) is 0 Å². The first-order valence-corrected chi connectivity index (χ1v) is 7.18. The van der Waals surface area contributed by atoms with Crippen LogP contribution in [0.3, 0.4) is 0 Å². The second-order valence-corrected chi connectivity index (χ2v) is 6.29. The van der Waals surface area contributed by atoms with Gasteiger partial charge in [-0.25, -0.2) is 0 Å². The average Bonchev–Trinajstić information content (AvgIpc) is 2.58. The molecule has 1 aliphatic rings. The van der Waals surface area contributed by atoms with Crippen LogP contribution in [0.25, 0.3) is 0 Å². The lowest BCUT2D eigenvalue weighted by atomic mass is 9.72. The molecule has 1 heterocycles. The van der Waals surface area contributed by atoms with Crippen molar-refractivity contribution in [3.63, 3.8) is 0 Å². The van der Waals surface area contributed by atoms with Crippen LogP contribution < -0.4 is 5.32 Å². The van der Waals surface area contributed by atoms with Crippen molar-refractivity contribution < 1.29 is 0 Å². The van der Waals surface area contributed by atoms with E-state index < -0.39 is 0 Å². The largest absolute Gasteiger partial charge is 0.313 e. The van der Waals surface area contributed by atoms with E-state index in [1.165, 1.54) is 30.5 Å². The smallest absolute Gasteiger partial charge is 0.0641 e. The molecule has 3 heteroatoms. The predicted molar refractivity (Wildman–Crippen MR) is 75.4 cm³/mol. The Morgan fingerprint density at radius 3 is 2.33 bits per heavy atom. The topological polar surface area (TPSA) is 29.9 Å². The van der Waals surface area contributed by atoms with Crippen molar-refractivity contribution in [3.8, 4) is 0 Å². The van der Waals surface area contributed by atoms with Crippen LogP contribution in [0.4, 0.5) is 0 Å². The predicted octanol–water partition coefficient (Wildman–Crippen LogP) is 3.06. The van der Waals surface area contributed by atoms with Crippen LogP contribution in [0.5, 0.6) is 0 Å². The van der Waals surface area contributed by atoms with Crippen LogP contribution in [0.1, 0.15) is 50.4 Å². The summed E-state index contributed by atoms with van der Waals surface area (Å²) in [6, 6.07) is 0.462. The number of rotatable bonds is 3. The Kier molecular flexibility index (Phi) is 4.10. The summed E-state index contributed by atoms with van der Waals surface area (Å²) in [5.41, 5.74) is 2.55. The molecule has 1 aliphatic carbocycles. The molecule has 0 radical (unpaired) electrons. The quantitative estimate of drug-likeness (QED) is 0.892. The van der Waals surface area contributed by atoms with Gasteiger partial charge in [-0.3, -0.25) is 4.68 Å². The molecule has 3 nitrogen and oxygen atoms in total. The summed E-state index contributed by atoms with van der Waals surface area (Å²) in [5.74, 6) is 2.45. The highest BCUT2D eigenvalue weighted by Gasteiger charge is 2.31. The Balaban J connectivity index is 2.20. The molecule has 1 saturated carbocycles. The molecular weight excluding hydrogens is 222 g/mol. The zero-order chi connectivity index (χ0) is 13.3. The Bertz CT molecular complexity index is 386. The number of aryl methyl sites for hydroxylation is 2. The number of hydrogen-bond acceptors (Lipinski definition) is 2. The van der Waals surface area contributed by atoms with Crippen molar-refractivity contribution in [2.45, 2.75) is 46.1 Å². The summed E-state index contributed by atoms with van der Waals surface area (Å²) >= 11 is 0. The van der Waals surface area contributed by atoms with Gasteiger partial charge in [-0.05, 0) is 51.0 Å². The highest BCUT2D eigenvalue weighted by molar-refractivity contribution is 5.21. The van der Waals surface area contributed by atoms with E-state index in [4.69, 9.17) is 0 Å². The molecule has 3 unspecified atom stereocenters. The van der Waals surface area contributed by atoms with E-state index in [1.54, 1.807) is 0 Å². The Morgan fingerprint density at radius 1 is 1.28 bits per heavy atom. The Morgan fingerprint density at radius 2 is 1.89 bits per heavy atom. The lowest BCUT2D eigenvalue weighted by Gasteiger charge is -2.36. The minimum atomic E-state index is 0.462. The zero-order valence-corrected chi connectivity index (χ0v) is 12.4. The molecule has 1 N–H and O–H groups in total. The van der Waals surface area contributed by atoms with Gasteiger partial charge in [0.1, 0.15) is 0 Å². The third kappa shape index (κ3) is 2.77. The van der Waals surface area contributed by atoms with E-state index in [0.29, 0.717) is 6.04 Å². The van der Waals surface area contributed by atoms with Gasteiger partial charge in [0.2, 0.25) is 0 Å². The van der Waals surface area contributed by atoms with Gasteiger partial charge < -0.3 is 5.32 Å². The number of hydrogen-bond donors (Lipinski definition) is 1. The van der Waals surface area contributed by atoms with Crippen molar-refractivity contribution in [1.82, 2.24) is 15.1 Å². The first kappa shape index (κ1) is 13.6. The van der Waals surface area contributed by atoms with E-state index in [0.717, 1.165) is 17.8 Å². The average molecular weight is 249 g/mol. The maximum Gasteiger partial charge on any atom is 0.0641 e. The second-order valence-electron chi connectivity index (χ2n) is 6.29. The molecule has 0 amide bonds. The molecule has 0 saturated heterocycles. The third-order valence-corrected chi connectivity index (χ3v) is 4.38. The first-order valence-electron chi connectivity index (χ1n) is 7.18. The fourth-order valence-electron chi connectivity index (χ4n) is 3.85. The van der Waals surface area contributed by atoms with Gasteiger partial charge in [0.25, 0.3) is 0 Å². The summed E-state index contributed by atoms with van der Waals surface area (Å²) in [6.45, 7) is 6.91. The van der Waals surface area contributed by atoms with Crippen molar-refractivity contribution in [2.75, 3.05) is 7.05 Å². The standard InChI is InChI=1S/C15H27N3/c1-10-6-11(2)8-13(7-10)15(16-4)14-9-18(5)17-12(14)3/h9-11,13,15-16H,6-8H2,1-5H3. The van der Waals surface area contributed by atoms with E-state index in [2.05, 4.69) is 44.4 Å². The summed E-state index contributed by atoms with van der Waals surface area (Å²) in [7, 11) is 4.09. The normalized spacial score (nSPS) is 30.4. The molecule has 0 aliphatic heterocycles. The number of aromatic nitrogens is 2. The Hall–Kier alpha value is -0.830. The number of nitrogens with one attached hydrogen (secondary N) is 1. The van der Waals surface area contributed by atoms with Crippen LogP contribution in [0.2, 0.25) is 0 Å². The zero-order valence-electron chi connectivity index (χ0n) is 12.4. The lowest BCUT2D eigenvalue weighted by Crippen LogP contribution is -2.31. The fourth-order valence-corrected chi connectivity index (χ4v) is 3.85. The van der Waals surface area contributed by atoms with Gasteiger partial charge in [-0.1, -0.05) is 13.8 Å². The van der Waals surface area contributed by atoms with Gasteiger partial charge in [0.15, 0.2) is 0 Å². The molecule has 3 atom stereocenters. The van der Waals surface area contributed by atoms with Crippen molar-refractivity contribution in [2.24, 2.45) is 24.8 Å². The van der Waals surface area contributed by atoms with Crippen LogP contribution in [-0.2, 0) is 7.05 Å². The van der Waals surface area contributed by atoms with E-state index in [9.17, 15) is 0 Å². The lowest BCUT2D eigenvalue weighted by molar-refractivity contribution is 0.180. The highest BCUT2D eigenvalue weighted by atomic mass is 15.3. The SMILES string of the molecule is CNC(c1cn(C)nc1C)C1CC(C)CC(C)C1. The van der Waals surface area contributed by atoms with Crippen molar-refractivity contribution in [1.29, 1.82) is 0 Å². The molecule has 1 aromatic rings. The summed E-state index contributed by atoms with van der Waals surface area (Å²) < 4.78 is 1.94. The molecule has 0 aromatic carbocycles. The van der Waals surface area contributed by atoms with Crippen LogP contribution in [-0.4, -0.2) is 16.8 Å². The van der Waals surface area contributed by atoms with Crippen LogP contribution in [0, 0.1) is 24.7 Å². The molecule has 2 rings (SSSR count). The minimum absolute atomic E-state index is 0.462. The molecule has 1 fully saturated rings. The van der Waals surface area contributed by atoms with Gasteiger partial charge in [0, 0.05) is 24.8 Å². The van der Waals surface area contributed by atoms with Gasteiger partial charge in [-0.15, -0.1) is 0 Å². The summed E-state index contributed by atoms with van der Waals surface area (Å²) in [4.78, 5) is 0. The highest BCUT2D eigenvalue weighted by Crippen LogP contribution is 2.40. The molecular formula is C15H27N3. The van der Waals surface area contributed by atoms with Gasteiger partial charge in [-0.2, -0.15) is 5.10 Å². The van der Waals surface area contributed by atoms with Crippen molar-refractivity contribution >= 4 is 0 Å². The summed E-state index contributed by atoms with van der Waals surface area (Å²) in [5, 5.41) is 8.02. The first-order chi connectivity index (χ1) is 8.51.